The first kappa shape index (κ1) is 13.3. The predicted octanol–water partition coefficient (Wildman–Crippen LogP) is 1.54. The van der Waals surface area contributed by atoms with Crippen LogP contribution in [0.2, 0.25) is 0 Å². The molecule has 2 fully saturated rings. The molecule has 0 aliphatic carbocycles. The molecule has 2 aliphatic heterocycles. The average Bonchev–Trinajstić information content (AvgIpc) is 2.77. The fraction of sp³-hybridized carbons (Fsp3) is 1.00. The van der Waals surface area contributed by atoms with Crippen LogP contribution >= 0.6 is 0 Å². The minimum atomic E-state index is 0.751. The summed E-state index contributed by atoms with van der Waals surface area (Å²) in [6.07, 6.45) is 6.82. The summed E-state index contributed by atoms with van der Waals surface area (Å²) in [7, 11) is 2.25. The van der Waals surface area contributed by atoms with Gasteiger partial charge in [-0.05, 0) is 52.4 Å². The first-order valence-corrected chi connectivity index (χ1v) is 7.45. The van der Waals surface area contributed by atoms with E-state index in [-0.39, 0.29) is 0 Å². The maximum atomic E-state index is 3.69. The van der Waals surface area contributed by atoms with Crippen LogP contribution in [0.25, 0.3) is 0 Å². The maximum absolute atomic E-state index is 3.69. The molecule has 2 heterocycles. The Kier molecular flexibility index (Phi) is 5.26. The van der Waals surface area contributed by atoms with Gasteiger partial charge in [0.25, 0.3) is 0 Å². The number of likely N-dealkylation sites (tertiary alicyclic amines) is 1. The lowest BCUT2D eigenvalue weighted by Gasteiger charge is -2.34. The van der Waals surface area contributed by atoms with Crippen molar-refractivity contribution in [3.8, 4) is 0 Å². The molecule has 0 bridgehead atoms. The molecule has 100 valence electrons. The standard InChI is InChI=1S/C14H29N3/c1-3-9-17(14-7-10-16(2)12-14)11-13-6-4-5-8-15-13/h13-15H,3-12H2,1-2H3. The van der Waals surface area contributed by atoms with Gasteiger partial charge in [-0.15, -0.1) is 0 Å². The van der Waals surface area contributed by atoms with Gasteiger partial charge in [0.15, 0.2) is 0 Å². The van der Waals surface area contributed by atoms with Gasteiger partial charge in [0.1, 0.15) is 0 Å². The van der Waals surface area contributed by atoms with Crippen LogP contribution in [0.1, 0.15) is 39.0 Å². The van der Waals surface area contributed by atoms with Crippen LogP contribution in [0.15, 0.2) is 0 Å². The van der Waals surface area contributed by atoms with Crippen LogP contribution in [0.3, 0.4) is 0 Å². The summed E-state index contributed by atoms with van der Waals surface area (Å²) >= 11 is 0. The number of rotatable bonds is 5. The average molecular weight is 239 g/mol. The topological polar surface area (TPSA) is 18.5 Å². The highest BCUT2D eigenvalue weighted by atomic mass is 15.2. The smallest absolute Gasteiger partial charge is 0.0235 e. The molecule has 2 rings (SSSR count). The molecule has 0 radical (unpaired) electrons. The second kappa shape index (κ2) is 6.72. The van der Waals surface area contributed by atoms with E-state index in [1.54, 1.807) is 0 Å². The second-order valence-electron chi connectivity index (χ2n) is 5.85. The van der Waals surface area contributed by atoms with Crippen molar-refractivity contribution in [3.63, 3.8) is 0 Å². The monoisotopic (exact) mass is 239 g/mol. The Morgan fingerprint density at radius 1 is 1.29 bits per heavy atom. The molecule has 0 spiro atoms. The summed E-state index contributed by atoms with van der Waals surface area (Å²) in [5.41, 5.74) is 0. The zero-order chi connectivity index (χ0) is 12.1. The zero-order valence-corrected chi connectivity index (χ0v) is 11.6. The fourth-order valence-electron chi connectivity index (χ4n) is 3.28. The van der Waals surface area contributed by atoms with E-state index >= 15 is 0 Å². The van der Waals surface area contributed by atoms with E-state index in [1.807, 2.05) is 0 Å². The minimum Gasteiger partial charge on any atom is -0.313 e. The first-order chi connectivity index (χ1) is 8.29. The van der Waals surface area contributed by atoms with Crippen LogP contribution in [-0.4, -0.2) is 61.7 Å². The third kappa shape index (κ3) is 3.94. The van der Waals surface area contributed by atoms with Crippen molar-refractivity contribution in [2.45, 2.75) is 51.1 Å². The summed E-state index contributed by atoms with van der Waals surface area (Å²) in [4.78, 5) is 5.22. The van der Waals surface area contributed by atoms with E-state index in [9.17, 15) is 0 Å². The van der Waals surface area contributed by atoms with Crippen molar-refractivity contribution >= 4 is 0 Å². The molecule has 2 aliphatic rings. The highest BCUT2D eigenvalue weighted by Gasteiger charge is 2.27. The molecule has 3 nitrogen and oxygen atoms in total. The van der Waals surface area contributed by atoms with Gasteiger partial charge >= 0.3 is 0 Å². The number of hydrogen-bond donors (Lipinski definition) is 1. The molecule has 17 heavy (non-hydrogen) atoms. The SMILES string of the molecule is CCCN(CC1CCCCN1)C1CCN(C)C1. The highest BCUT2D eigenvalue weighted by molar-refractivity contribution is 4.85. The molecule has 0 aromatic carbocycles. The largest absolute Gasteiger partial charge is 0.313 e. The minimum absolute atomic E-state index is 0.751. The van der Waals surface area contributed by atoms with Gasteiger partial charge in [-0.25, -0.2) is 0 Å². The number of nitrogens with one attached hydrogen (secondary N) is 1. The lowest BCUT2D eigenvalue weighted by atomic mass is 10.0. The third-order valence-electron chi connectivity index (χ3n) is 4.26. The van der Waals surface area contributed by atoms with Crippen LogP contribution in [0.5, 0.6) is 0 Å². The molecule has 2 saturated heterocycles. The second-order valence-corrected chi connectivity index (χ2v) is 5.85. The van der Waals surface area contributed by atoms with E-state index in [1.165, 1.54) is 64.8 Å². The molecule has 1 N–H and O–H groups in total. The van der Waals surface area contributed by atoms with Gasteiger partial charge in [0.2, 0.25) is 0 Å². The zero-order valence-electron chi connectivity index (χ0n) is 11.6. The van der Waals surface area contributed by atoms with Gasteiger partial charge in [-0.1, -0.05) is 13.3 Å². The first-order valence-electron chi connectivity index (χ1n) is 7.45. The number of likely N-dealkylation sites (N-methyl/N-ethyl adjacent to an activating group) is 1. The normalized spacial score (nSPS) is 31.2. The van der Waals surface area contributed by atoms with Crippen molar-refractivity contribution in [2.75, 3.05) is 39.8 Å². The Morgan fingerprint density at radius 2 is 2.18 bits per heavy atom. The van der Waals surface area contributed by atoms with Crippen LogP contribution < -0.4 is 5.32 Å². The molecule has 0 aromatic rings. The molecule has 2 atom stereocenters. The molecule has 3 heteroatoms. The predicted molar refractivity (Wildman–Crippen MR) is 73.4 cm³/mol. The molecule has 0 amide bonds. The van der Waals surface area contributed by atoms with E-state index in [2.05, 4.69) is 29.1 Å². The summed E-state index contributed by atoms with van der Waals surface area (Å²) in [5, 5.41) is 3.69. The Bertz CT molecular complexity index is 214. The van der Waals surface area contributed by atoms with Crippen LogP contribution in [0.4, 0.5) is 0 Å². The Labute approximate surface area is 107 Å². The number of piperidine rings is 1. The number of nitrogens with zero attached hydrogens (tertiary/aromatic N) is 2. The number of hydrogen-bond acceptors (Lipinski definition) is 3. The highest BCUT2D eigenvalue weighted by Crippen LogP contribution is 2.17. The van der Waals surface area contributed by atoms with Gasteiger partial charge < -0.3 is 10.2 Å². The quantitative estimate of drug-likeness (QED) is 0.785. The van der Waals surface area contributed by atoms with Crippen molar-refractivity contribution < 1.29 is 0 Å². The van der Waals surface area contributed by atoms with Crippen molar-refractivity contribution in [1.29, 1.82) is 0 Å². The van der Waals surface area contributed by atoms with Crippen LogP contribution in [-0.2, 0) is 0 Å². The van der Waals surface area contributed by atoms with Crippen molar-refractivity contribution in [2.24, 2.45) is 0 Å². The molecular weight excluding hydrogens is 210 g/mol. The third-order valence-corrected chi connectivity index (χ3v) is 4.26. The van der Waals surface area contributed by atoms with Gasteiger partial charge in [0, 0.05) is 25.2 Å². The van der Waals surface area contributed by atoms with E-state index in [4.69, 9.17) is 0 Å². The Hall–Kier alpha value is -0.120. The summed E-state index contributed by atoms with van der Waals surface area (Å²) in [6.45, 7) is 8.63. The van der Waals surface area contributed by atoms with Crippen molar-refractivity contribution in [1.82, 2.24) is 15.1 Å². The van der Waals surface area contributed by atoms with Crippen molar-refractivity contribution in [3.05, 3.63) is 0 Å². The fourth-order valence-corrected chi connectivity index (χ4v) is 3.28. The maximum Gasteiger partial charge on any atom is 0.0235 e. The molecule has 0 aromatic heterocycles. The lowest BCUT2D eigenvalue weighted by Crippen LogP contribution is -2.48. The molecular formula is C14H29N3. The van der Waals surface area contributed by atoms with E-state index < -0.39 is 0 Å². The van der Waals surface area contributed by atoms with Gasteiger partial charge in [0.05, 0.1) is 0 Å². The Balaban J connectivity index is 1.82. The molecule has 2 unspecified atom stereocenters. The van der Waals surface area contributed by atoms with Crippen LogP contribution in [0, 0.1) is 0 Å². The summed E-state index contributed by atoms with van der Waals surface area (Å²) in [5.74, 6) is 0. The van der Waals surface area contributed by atoms with Gasteiger partial charge in [-0.2, -0.15) is 0 Å². The Morgan fingerprint density at radius 3 is 2.76 bits per heavy atom. The summed E-state index contributed by atoms with van der Waals surface area (Å²) < 4.78 is 0. The van der Waals surface area contributed by atoms with E-state index in [0.717, 1.165) is 12.1 Å². The van der Waals surface area contributed by atoms with E-state index in [0.29, 0.717) is 0 Å². The van der Waals surface area contributed by atoms with Gasteiger partial charge in [-0.3, -0.25) is 4.90 Å². The summed E-state index contributed by atoms with van der Waals surface area (Å²) in [6, 6.07) is 1.56. The lowest BCUT2D eigenvalue weighted by molar-refractivity contribution is 0.167. The molecule has 0 saturated carbocycles.